The number of ether oxygens (including phenoxy) is 1. The van der Waals surface area contributed by atoms with E-state index in [1.54, 1.807) is 11.3 Å². The predicted molar refractivity (Wildman–Crippen MR) is 88.1 cm³/mol. The SMILES string of the molecule is CNC(c1cc(Br)c(Cl)s1)C1CCOc2ccccc21. The van der Waals surface area contributed by atoms with Gasteiger partial charge in [-0.3, -0.25) is 0 Å². The van der Waals surface area contributed by atoms with Gasteiger partial charge in [-0.05, 0) is 47.1 Å². The first-order valence-corrected chi connectivity index (χ1v) is 8.53. The number of thiophene rings is 1. The highest BCUT2D eigenvalue weighted by Crippen LogP contribution is 2.45. The van der Waals surface area contributed by atoms with Crippen molar-refractivity contribution >= 4 is 38.9 Å². The lowest BCUT2D eigenvalue weighted by atomic mass is 9.86. The molecule has 2 aromatic rings. The highest BCUT2D eigenvalue weighted by molar-refractivity contribution is 9.10. The summed E-state index contributed by atoms with van der Waals surface area (Å²) in [6.45, 7) is 0.764. The molecule has 1 N–H and O–H groups in total. The van der Waals surface area contributed by atoms with E-state index in [2.05, 4.69) is 39.4 Å². The first-order chi connectivity index (χ1) is 9.70. The molecule has 20 heavy (non-hydrogen) atoms. The van der Waals surface area contributed by atoms with Crippen LogP contribution in [0.4, 0.5) is 0 Å². The van der Waals surface area contributed by atoms with Gasteiger partial charge in [0, 0.05) is 21.3 Å². The zero-order chi connectivity index (χ0) is 14.1. The highest BCUT2D eigenvalue weighted by Gasteiger charge is 2.30. The van der Waals surface area contributed by atoms with Crippen molar-refractivity contribution in [2.24, 2.45) is 0 Å². The van der Waals surface area contributed by atoms with Crippen molar-refractivity contribution in [3.8, 4) is 5.75 Å². The maximum absolute atomic E-state index is 6.19. The molecular weight excluding hydrogens is 358 g/mol. The van der Waals surface area contributed by atoms with Crippen molar-refractivity contribution in [3.63, 3.8) is 0 Å². The fraction of sp³-hybridized carbons (Fsp3) is 0.333. The predicted octanol–water partition coefficient (Wildman–Crippen LogP) is 4.99. The Hall–Kier alpha value is -0.550. The summed E-state index contributed by atoms with van der Waals surface area (Å²) in [5, 5.41) is 3.44. The second kappa shape index (κ2) is 6.06. The summed E-state index contributed by atoms with van der Waals surface area (Å²) in [4.78, 5) is 1.26. The van der Waals surface area contributed by atoms with E-state index in [0.29, 0.717) is 5.92 Å². The molecule has 0 amide bonds. The molecule has 2 unspecified atom stereocenters. The van der Waals surface area contributed by atoms with Gasteiger partial charge in [-0.2, -0.15) is 0 Å². The zero-order valence-electron chi connectivity index (χ0n) is 11.0. The zero-order valence-corrected chi connectivity index (χ0v) is 14.2. The molecule has 0 fully saturated rings. The van der Waals surface area contributed by atoms with E-state index in [-0.39, 0.29) is 6.04 Å². The molecule has 1 aromatic carbocycles. The lowest BCUT2D eigenvalue weighted by molar-refractivity contribution is 0.249. The summed E-state index contributed by atoms with van der Waals surface area (Å²) in [7, 11) is 2.00. The second-order valence-electron chi connectivity index (χ2n) is 4.82. The summed E-state index contributed by atoms with van der Waals surface area (Å²) < 4.78 is 7.53. The summed E-state index contributed by atoms with van der Waals surface area (Å²) in [5.74, 6) is 1.41. The molecule has 0 bridgehead atoms. The number of halogens is 2. The smallest absolute Gasteiger partial charge is 0.122 e. The molecule has 0 spiro atoms. The Morgan fingerprint density at radius 3 is 2.95 bits per heavy atom. The maximum atomic E-state index is 6.19. The molecule has 0 saturated heterocycles. The molecule has 1 aromatic heterocycles. The Kier molecular flexibility index (Phi) is 4.36. The molecule has 3 rings (SSSR count). The number of likely N-dealkylation sites (N-methyl/N-ethyl adjacent to an activating group) is 1. The van der Waals surface area contributed by atoms with Gasteiger partial charge in [-0.25, -0.2) is 0 Å². The highest BCUT2D eigenvalue weighted by atomic mass is 79.9. The van der Waals surface area contributed by atoms with Gasteiger partial charge in [0.05, 0.1) is 6.61 Å². The van der Waals surface area contributed by atoms with Crippen LogP contribution in [0.2, 0.25) is 4.34 Å². The van der Waals surface area contributed by atoms with Crippen molar-refractivity contribution in [2.75, 3.05) is 13.7 Å². The summed E-state index contributed by atoms with van der Waals surface area (Å²) in [5.41, 5.74) is 1.28. The van der Waals surface area contributed by atoms with Crippen LogP contribution in [0, 0.1) is 0 Å². The van der Waals surface area contributed by atoms with Gasteiger partial charge in [0.2, 0.25) is 0 Å². The van der Waals surface area contributed by atoms with E-state index in [1.165, 1.54) is 10.4 Å². The molecule has 0 aliphatic carbocycles. The molecule has 2 atom stereocenters. The standard InChI is InChI=1S/C15H15BrClNOS/c1-18-14(13-8-11(16)15(17)20-13)10-6-7-19-12-5-3-2-4-9(10)12/h2-5,8,10,14,18H,6-7H2,1H3. The first kappa shape index (κ1) is 14.4. The molecule has 106 valence electrons. The molecule has 5 heteroatoms. The number of hydrogen-bond donors (Lipinski definition) is 1. The Labute approximate surface area is 136 Å². The second-order valence-corrected chi connectivity index (χ2v) is 7.36. The van der Waals surface area contributed by atoms with E-state index < -0.39 is 0 Å². The van der Waals surface area contributed by atoms with Gasteiger partial charge in [0.25, 0.3) is 0 Å². The minimum absolute atomic E-state index is 0.258. The number of para-hydroxylation sites is 1. The van der Waals surface area contributed by atoms with Crippen LogP contribution in [0.5, 0.6) is 5.75 Å². The number of nitrogens with one attached hydrogen (secondary N) is 1. The molecule has 1 aliphatic rings. The Bertz CT molecular complexity index is 596. The fourth-order valence-corrected chi connectivity index (χ4v) is 4.69. The van der Waals surface area contributed by atoms with Gasteiger partial charge < -0.3 is 10.1 Å². The van der Waals surface area contributed by atoms with E-state index in [0.717, 1.165) is 27.6 Å². The normalized spacial score (nSPS) is 19.2. The molecule has 1 aliphatic heterocycles. The monoisotopic (exact) mass is 371 g/mol. The maximum Gasteiger partial charge on any atom is 0.122 e. The average molecular weight is 373 g/mol. The fourth-order valence-electron chi connectivity index (χ4n) is 2.77. The Morgan fingerprint density at radius 1 is 1.45 bits per heavy atom. The Balaban J connectivity index is 1.98. The number of hydrogen-bond acceptors (Lipinski definition) is 3. The Morgan fingerprint density at radius 2 is 2.25 bits per heavy atom. The van der Waals surface area contributed by atoms with Crippen molar-refractivity contribution in [3.05, 3.63) is 49.6 Å². The topological polar surface area (TPSA) is 21.3 Å². The van der Waals surface area contributed by atoms with Crippen LogP contribution in [0.25, 0.3) is 0 Å². The van der Waals surface area contributed by atoms with Crippen LogP contribution >= 0.6 is 38.9 Å². The van der Waals surface area contributed by atoms with Crippen LogP contribution in [-0.2, 0) is 0 Å². The minimum Gasteiger partial charge on any atom is -0.493 e. The van der Waals surface area contributed by atoms with Crippen molar-refractivity contribution in [2.45, 2.75) is 18.4 Å². The third-order valence-electron chi connectivity index (χ3n) is 3.69. The van der Waals surface area contributed by atoms with Crippen LogP contribution in [-0.4, -0.2) is 13.7 Å². The van der Waals surface area contributed by atoms with Crippen molar-refractivity contribution < 1.29 is 4.74 Å². The van der Waals surface area contributed by atoms with E-state index in [9.17, 15) is 0 Å². The van der Waals surface area contributed by atoms with Crippen LogP contribution in [0.3, 0.4) is 0 Å². The number of fused-ring (bicyclic) bond motifs is 1. The average Bonchev–Trinajstić information content (AvgIpc) is 2.79. The van der Waals surface area contributed by atoms with Crippen LogP contribution < -0.4 is 10.1 Å². The van der Waals surface area contributed by atoms with Gasteiger partial charge >= 0.3 is 0 Å². The third kappa shape index (κ3) is 2.62. The third-order valence-corrected chi connectivity index (χ3v) is 6.25. The number of rotatable bonds is 3. The summed E-state index contributed by atoms with van der Waals surface area (Å²) in [6.07, 6.45) is 1.01. The first-order valence-electron chi connectivity index (χ1n) is 6.54. The molecular formula is C15H15BrClNOS. The molecule has 0 saturated carbocycles. The van der Waals surface area contributed by atoms with Gasteiger partial charge in [-0.1, -0.05) is 29.8 Å². The lowest BCUT2D eigenvalue weighted by Crippen LogP contribution is -2.27. The van der Waals surface area contributed by atoms with Gasteiger partial charge in [-0.15, -0.1) is 11.3 Å². The van der Waals surface area contributed by atoms with E-state index in [4.69, 9.17) is 16.3 Å². The van der Waals surface area contributed by atoms with Crippen LogP contribution in [0.1, 0.15) is 28.8 Å². The van der Waals surface area contributed by atoms with Crippen molar-refractivity contribution in [1.82, 2.24) is 5.32 Å². The summed E-state index contributed by atoms with van der Waals surface area (Å²) >= 11 is 11.3. The van der Waals surface area contributed by atoms with E-state index in [1.807, 2.05) is 19.2 Å². The lowest BCUT2D eigenvalue weighted by Gasteiger charge is -2.31. The largest absolute Gasteiger partial charge is 0.493 e. The molecule has 2 nitrogen and oxygen atoms in total. The summed E-state index contributed by atoms with van der Waals surface area (Å²) in [6, 6.07) is 10.7. The van der Waals surface area contributed by atoms with Gasteiger partial charge in [0.15, 0.2) is 0 Å². The van der Waals surface area contributed by atoms with E-state index >= 15 is 0 Å². The van der Waals surface area contributed by atoms with Gasteiger partial charge in [0.1, 0.15) is 10.1 Å². The van der Waals surface area contributed by atoms with Crippen LogP contribution in [0.15, 0.2) is 34.8 Å². The quantitative estimate of drug-likeness (QED) is 0.819. The number of benzene rings is 1. The van der Waals surface area contributed by atoms with Crippen molar-refractivity contribution in [1.29, 1.82) is 0 Å². The molecule has 0 radical (unpaired) electrons. The minimum atomic E-state index is 0.258. The molecule has 2 heterocycles.